The molecule has 0 aliphatic carbocycles. The van der Waals surface area contributed by atoms with Gasteiger partial charge in [-0.25, -0.2) is 14.8 Å². The quantitative estimate of drug-likeness (QED) is 0.0935. The van der Waals surface area contributed by atoms with Gasteiger partial charge in [0.15, 0.2) is 0 Å². The fourth-order valence-electron chi connectivity index (χ4n) is 5.42. The highest BCUT2D eigenvalue weighted by atomic mass is 16.5. The van der Waals surface area contributed by atoms with Gasteiger partial charge in [-0.15, -0.1) is 0 Å². The number of nitrogens with one attached hydrogen (secondary N) is 4. The average molecular weight is 712 g/mol. The zero-order chi connectivity index (χ0) is 37.6. The van der Waals surface area contributed by atoms with E-state index in [1.807, 2.05) is 72.8 Å². The van der Waals surface area contributed by atoms with E-state index in [0.29, 0.717) is 5.52 Å². The number of nitrogens with two attached hydrogens (primary N) is 1. The number of aliphatic hydroxyl groups is 1. The molecule has 14 heteroatoms. The molecule has 2 unspecified atom stereocenters. The van der Waals surface area contributed by atoms with Gasteiger partial charge in [-0.1, -0.05) is 98.8 Å². The van der Waals surface area contributed by atoms with E-state index >= 15 is 0 Å². The Morgan fingerprint density at radius 3 is 2.12 bits per heavy atom. The minimum Gasteiger partial charge on any atom is -0.453 e. The molecule has 0 saturated heterocycles. The highest BCUT2D eigenvalue weighted by Gasteiger charge is 2.30. The zero-order valence-electron chi connectivity index (χ0n) is 29.3. The summed E-state index contributed by atoms with van der Waals surface area (Å²) in [5.74, 6) is -3.08. The van der Waals surface area contributed by atoms with E-state index < -0.39 is 60.4 Å². The molecule has 4 atom stereocenters. The molecule has 274 valence electrons. The van der Waals surface area contributed by atoms with Crippen molar-refractivity contribution in [1.82, 2.24) is 31.4 Å². The van der Waals surface area contributed by atoms with E-state index in [4.69, 9.17) is 5.73 Å². The summed E-state index contributed by atoms with van der Waals surface area (Å²) in [5, 5.41) is 21.5. The molecule has 3 aromatic carbocycles. The third kappa shape index (κ3) is 11.7. The minimum absolute atomic E-state index is 0.0315. The second kappa shape index (κ2) is 19.1. The van der Waals surface area contributed by atoms with Gasteiger partial charge in [-0.2, -0.15) is 0 Å². The number of imide groups is 1. The van der Waals surface area contributed by atoms with Gasteiger partial charge < -0.3 is 26.2 Å². The third-order valence-electron chi connectivity index (χ3n) is 8.22. The van der Waals surface area contributed by atoms with Gasteiger partial charge in [0.1, 0.15) is 11.7 Å². The number of para-hydroxylation sites is 1. The van der Waals surface area contributed by atoms with Gasteiger partial charge in [0.05, 0.1) is 37.2 Å². The van der Waals surface area contributed by atoms with Gasteiger partial charge in [-0.3, -0.25) is 29.9 Å². The molecule has 0 fully saturated rings. The van der Waals surface area contributed by atoms with Crippen LogP contribution in [0.25, 0.3) is 10.9 Å². The highest BCUT2D eigenvalue weighted by Crippen LogP contribution is 2.13. The Bertz CT molecular complexity index is 1820. The number of benzene rings is 3. The summed E-state index contributed by atoms with van der Waals surface area (Å²) in [5.41, 5.74) is 11.2. The van der Waals surface area contributed by atoms with Crippen LogP contribution in [0.2, 0.25) is 0 Å². The van der Waals surface area contributed by atoms with Crippen LogP contribution in [0, 0.1) is 5.92 Å². The lowest BCUT2D eigenvalue weighted by Crippen LogP contribution is -2.58. The first-order chi connectivity index (χ1) is 24.9. The predicted molar refractivity (Wildman–Crippen MR) is 194 cm³/mol. The first kappa shape index (κ1) is 39.1. The van der Waals surface area contributed by atoms with E-state index in [9.17, 15) is 29.1 Å². The average Bonchev–Trinajstić information content (AvgIpc) is 3.13. The van der Waals surface area contributed by atoms with Crippen molar-refractivity contribution in [3.8, 4) is 0 Å². The van der Waals surface area contributed by atoms with E-state index in [1.54, 1.807) is 32.0 Å². The maximum absolute atomic E-state index is 13.4. The van der Waals surface area contributed by atoms with Gasteiger partial charge in [-0.05, 0) is 35.6 Å². The number of aliphatic hydroxyl groups excluding tert-OH is 1. The number of methoxy groups -OCH3 is 1. The van der Waals surface area contributed by atoms with Crippen LogP contribution in [0.1, 0.15) is 41.9 Å². The second-order valence-electron chi connectivity index (χ2n) is 12.6. The lowest BCUT2D eigenvalue weighted by atomic mass is 10.00. The fraction of sp³-hybridized carbons (Fsp3) is 0.316. The van der Waals surface area contributed by atoms with Gasteiger partial charge in [0, 0.05) is 18.5 Å². The van der Waals surface area contributed by atoms with Crippen molar-refractivity contribution >= 4 is 40.6 Å². The van der Waals surface area contributed by atoms with Gasteiger partial charge in [0.25, 0.3) is 11.8 Å². The van der Waals surface area contributed by atoms with Crippen LogP contribution in [0.3, 0.4) is 0 Å². The van der Waals surface area contributed by atoms with Crippen LogP contribution in [-0.4, -0.2) is 82.7 Å². The van der Waals surface area contributed by atoms with Crippen molar-refractivity contribution in [2.45, 2.75) is 57.5 Å². The Balaban J connectivity index is 1.46. The SMILES string of the molecule is COC(=O)N[C@H](C(=O)NN(Cc1ccccc1)CC(O)C(Cc1ccccc1)NC(=O)[C@@H](N)CC(=O)NC(=O)c1ccc2ccccc2n1)C(C)C. The molecule has 7 N–H and O–H groups in total. The molecule has 0 bridgehead atoms. The number of rotatable bonds is 16. The summed E-state index contributed by atoms with van der Waals surface area (Å²) in [7, 11) is 1.20. The van der Waals surface area contributed by atoms with E-state index in [0.717, 1.165) is 16.5 Å². The van der Waals surface area contributed by atoms with Crippen LogP contribution in [0.5, 0.6) is 0 Å². The number of hydrogen-bond acceptors (Lipinski definition) is 10. The molecule has 1 heterocycles. The summed E-state index contributed by atoms with van der Waals surface area (Å²) in [6.45, 7) is 3.56. The molecule has 14 nitrogen and oxygen atoms in total. The molecule has 4 rings (SSSR count). The lowest BCUT2D eigenvalue weighted by Gasteiger charge is -2.32. The molecule has 0 aliphatic heterocycles. The number of ether oxygens (including phenoxy) is 1. The number of hydrazine groups is 1. The summed E-state index contributed by atoms with van der Waals surface area (Å²) < 4.78 is 4.69. The summed E-state index contributed by atoms with van der Waals surface area (Å²) in [6.07, 6.45) is -2.36. The van der Waals surface area contributed by atoms with Crippen LogP contribution >= 0.6 is 0 Å². The molecular formula is C38H45N7O7. The number of fused-ring (bicyclic) bond motifs is 1. The maximum Gasteiger partial charge on any atom is 0.407 e. The monoisotopic (exact) mass is 711 g/mol. The summed E-state index contributed by atoms with van der Waals surface area (Å²) >= 11 is 0. The zero-order valence-corrected chi connectivity index (χ0v) is 29.3. The first-order valence-corrected chi connectivity index (χ1v) is 16.8. The predicted octanol–water partition coefficient (Wildman–Crippen LogP) is 2.21. The topological polar surface area (TPSA) is 205 Å². The van der Waals surface area contributed by atoms with Crippen LogP contribution in [0.15, 0.2) is 97.1 Å². The molecule has 0 saturated carbocycles. The van der Waals surface area contributed by atoms with Crippen LogP contribution < -0.4 is 27.1 Å². The Morgan fingerprint density at radius 1 is 0.827 bits per heavy atom. The number of alkyl carbamates (subject to hydrolysis) is 1. The second-order valence-corrected chi connectivity index (χ2v) is 12.6. The highest BCUT2D eigenvalue weighted by molar-refractivity contribution is 6.05. The molecule has 0 spiro atoms. The van der Waals surface area contributed by atoms with Crippen molar-refractivity contribution in [3.05, 3.63) is 114 Å². The Hall–Kier alpha value is -5.70. The fourth-order valence-corrected chi connectivity index (χ4v) is 5.42. The standard InChI is InChI=1S/C38H45N7O7/c1-24(2)34(43-38(51)52-3)37(50)44-45(22-26-14-8-5-9-15-26)23-32(46)31(20-25-12-6-4-7-13-25)41-35(48)28(39)21-33(47)42-36(49)30-19-18-27-16-10-11-17-29(27)40-30/h4-19,24,28,31-32,34,46H,20-23,39H2,1-3H3,(H,41,48)(H,43,51)(H,44,50)(H,42,47,49)/t28-,31?,32?,34-/m0/s1. The van der Waals surface area contributed by atoms with E-state index in [-0.39, 0.29) is 31.1 Å². The number of carbonyl (C=O) groups is 5. The first-order valence-electron chi connectivity index (χ1n) is 16.8. The Labute approximate surface area is 302 Å². The molecule has 5 amide bonds. The number of amides is 5. The largest absolute Gasteiger partial charge is 0.453 e. The van der Waals surface area contributed by atoms with Crippen molar-refractivity contribution in [2.75, 3.05) is 13.7 Å². The van der Waals surface area contributed by atoms with Crippen molar-refractivity contribution < 1.29 is 33.8 Å². The van der Waals surface area contributed by atoms with Crippen molar-refractivity contribution in [3.63, 3.8) is 0 Å². The number of aromatic nitrogens is 1. The van der Waals surface area contributed by atoms with E-state index in [1.165, 1.54) is 18.2 Å². The molecular weight excluding hydrogens is 666 g/mol. The summed E-state index contributed by atoms with van der Waals surface area (Å²) in [6, 6.07) is 25.6. The maximum atomic E-state index is 13.4. The van der Waals surface area contributed by atoms with Crippen molar-refractivity contribution in [1.29, 1.82) is 0 Å². The van der Waals surface area contributed by atoms with Crippen molar-refractivity contribution in [2.24, 2.45) is 11.7 Å². The smallest absolute Gasteiger partial charge is 0.407 e. The number of nitrogens with zero attached hydrogens (tertiary/aromatic N) is 2. The number of carbonyl (C=O) groups excluding carboxylic acids is 5. The third-order valence-corrected chi connectivity index (χ3v) is 8.22. The van der Waals surface area contributed by atoms with Gasteiger partial charge in [0.2, 0.25) is 11.8 Å². The Morgan fingerprint density at radius 2 is 1.46 bits per heavy atom. The number of hydrogen-bond donors (Lipinski definition) is 6. The normalized spacial score (nSPS) is 13.4. The Kier molecular flexibility index (Phi) is 14.3. The molecule has 1 aromatic heterocycles. The lowest BCUT2D eigenvalue weighted by molar-refractivity contribution is -0.131. The molecule has 0 aliphatic rings. The summed E-state index contributed by atoms with van der Waals surface area (Å²) in [4.78, 5) is 68.6. The molecule has 52 heavy (non-hydrogen) atoms. The van der Waals surface area contributed by atoms with Gasteiger partial charge >= 0.3 is 6.09 Å². The number of pyridine rings is 1. The van der Waals surface area contributed by atoms with Crippen LogP contribution in [-0.2, 0) is 32.1 Å². The molecule has 4 aromatic rings. The van der Waals surface area contributed by atoms with Crippen LogP contribution in [0.4, 0.5) is 4.79 Å². The molecule has 0 radical (unpaired) electrons. The van der Waals surface area contributed by atoms with E-state index in [2.05, 4.69) is 31.1 Å². The minimum atomic E-state index is -1.36.